The summed E-state index contributed by atoms with van der Waals surface area (Å²) in [4.78, 5) is 22.8. The molecule has 0 saturated carbocycles. The SMILES string of the molecule is COC(=O)COc1nc(-c2cncnc2)n(O)n1. The van der Waals surface area contributed by atoms with Crippen LogP contribution in [-0.4, -0.2) is 49.8 Å². The first-order valence-corrected chi connectivity index (χ1v) is 4.82. The van der Waals surface area contributed by atoms with E-state index >= 15 is 0 Å². The molecule has 18 heavy (non-hydrogen) atoms. The number of carbonyl (C=O) groups excluding carboxylic acids is 1. The minimum Gasteiger partial charge on any atom is -0.466 e. The zero-order valence-corrected chi connectivity index (χ0v) is 9.35. The molecule has 0 saturated heterocycles. The third-order valence-corrected chi connectivity index (χ3v) is 1.94. The molecule has 0 aliphatic heterocycles. The molecule has 94 valence electrons. The van der Waals surface area contributed by atoms with Crippen molar-refractivity contribution in [3.63, 3.8) is 0 Å². The van der Waals surface area contributed by atoms with E-state index in [2.05, 4.69) is 24.8 Å². The van der Waals surface area contributed by atoms with E-state index in [4.69, 9.17) is 4.74 Å². The first-order valence-electron chi connectivity index (χ1n) is 4.82. The van der Waals surface area contributed by atoms with Crippen molar-refractivity contribution in [2.75, 3.05) is 13.7 Å². The largest absolute Gasteiger partial charge is 0.466 e. The average Bonchev–Trinajstić information content (AvgIpc) is 2.78. The Bertz CT molecular complexity index is 541. The van der Waals surface area contributed by atoms with Crippen LogP contribution in [0, 0.1) is 0 Å². The zero-order chi connectivity index (χ0) is 13.0. The van der Waals surface area contributed by atoms with Gasteiger partial charge in [-0.05, 0) is 0 Å². The van der Waals surface area contributed by atoms with Crippen molar-refractivity contribution in [1.29, 1.82) is 0 Å². The molecule has 1 N–H and O–H groups in total. The second-order valence-electron chi connectivity index (χ2n) is 3.10. The maximum absolute atomic E-state index is 10.9. The number of hydrogen-bond donors (Lipinski definition) is 1. The summed E-state index contributed by atoms with van der Waals surface area (Å²) in [6, 6.07) is -0.151. The zero-order valence-electron chi connectivity index (χ0n) is 9.35. The van der Waals surface area contributed by atoms with E-state index in [-0.39, 0.29) is 18.4 Å². The van der Waals surface area contributed by atoms with Crippen LogP contribution in [0.25, 0.3) is 11.4 Å². The van der Waals surface area contributed by atoms with Crippen molar-refractivity contribution >= 4 is 5.97 Å². The summed E-state index contributed by atoms with van der Waals surface area (Å²) in [7, 11) is 1.23. The number of aromatic nitrogens is 5. The number of ether oxygens (including phenoxy) is 2. The molecule has 0 aromatic carbocycles. The summed E-state index contributed by atoms with van der Waals surface area (Å²) in [5.41, 5.74) is 0.459. The van der Waals surface area contributed by atoms with Gasteiger partial charge in [-0.1, -0.05) is 9.94 Å². The molecule has 9 heteroatoms. The lowest BCUT2D eigenvalue weighted by molar-refractivity contribution is -0.143. The number of rotatable bonds is 4. The molecule has 0 radical (unpaired) electrons. The van der Waals surface area contributed by atoms with Crippen LogP contribution in [0.5, 0.6) is 6.01 Å². The van der Waals surface area contributed by atoms with Gasteiger partial charge in [-0.2, -0.15) is 4.98 Å². The van der Waals surface area contributed by atoms with Crippen LogP contribution in [0.3, 0.4) is 0 Å². The Labute approximate surface area is 101 Å². The molecule has 0 amide bonds. The fraction of sp³-hybridized carbons (Fsp3) is 0.222. The Morgan fingerprint density at radius 3 is 2.83 bits per heavy atom. The molecule has 2 rings (SSSR count). The van der Waals surface area contributed by atoms with Gasteiger partial charge in [0, 0.05) is 12.4 Å². The van der Waals surface area contributed by atoms with E-state index in [1.165, 1.54) is 25.8 Å². The Morgan fingerprint density at radius 1 is 1.44 bits per heavy atom. The van der Waals surface area contributed by atoms with Crippen molar-refractivity contribution < 1.29 is 19.5 Å². The van der Waals surface area contributed by atoms with Gasteiger partial charge in [0.2, 0.25) is 5.82 Å². The highest BCUT2D eigenvalue weighted by Crippen LogP contribution is 2.16. The molecule has 0 aliphatic rings. The highest BCUT2D eigenvalue weighted by molar-refractivity contribution is 5.70. The fourth-order valence-corrected chi connectivity index (χ4v) is 1.12. The van der Waals surface area contributed by atoms with E-state index in [0.29, 0.717) is 10.4 Å². The summed E-state index contributed by atoms with van der Waals surface area (Å²) in [6.07, 6.45) is 4.25. The van der Waals surface area contributed by atoms with Crippen LogP contribution in [0.15, 0.2) is 18.7 Å². The Morgan fingerprint density at radius 2 is 2.17 bits per heavy atom. The second kappa shape index (κ2) is 5.08. The monoisotopic (exact) mass is 251 g/mol. The van der Waals surface area contributed by atoms with Gasteiger partial charge < -0.3 is 14.7 Å². The summed E-state index contributed by atoms with van der Waals surface area (Å²) >= 11 is 0. The standard InChI is InChI=1S/C9H9N5O4/c1-17-7(15)4-18-9-12-8(14(16)13-9)6-2-10-5-11-3-6/h2-3,5,16H,4H2,1H3. The van der Waals surface area contributed by atoms with Crippen molar-refractivity contribution in [2.24, 2.45) is 0 Å². The van der Waals surface area contributed by atoms with Gasteiger partial charge >= 0.3 is 12.0 Å². The summed E-state index contributed by atoms with van der Waals surface area (Å²) in [5.74, 6) is -0.468. The van der Waals surface area contributed by atoms with Gasteiger partial charge in [-0.15, -0.1) is 0 Å². The topological polar surface area (TPSA) is 112 Å². The number of hydrogen-bond acceptors (Lipinski definition) is 8. The minimum absolute atomic E-state index is 0.107. The number of carbonyl (C=O) groups is 1. The minimum atomic E-state index is -0.575. The molecule has 9 nitrogen and oxygen atoms in total. The van der Waals surface area contributed by atoms with E-state index in [9.17, 15) is 10.0 Å². The molecule has 0 spiro atoms. The maximum Gasteiger partial charge on any atom is 0.344 e. The first kappa shape index (κ1) is 11.8. The quantitative estimate of drug-likeness (QED) is 0.573. The molecule has 2 aromatic rings. The normalized spacial score (nSPS) is 10.1. The van der Waals surface area contributed by atoms with Crippen LogP contribution in [0.1, 0.15) is 0 Å². The Kier molecular flexibility index (Phi) is 3.32. The first-order chi connectivity index (χ1) is 8.70. The number of methoxy groups -OCH3 is 1. The fourth-order valence-electron chi connectivity index (χ4n) is 1.12. The third-order valence-electron chi connectivity index (χ3n) is 1.94. The van der Waals surface area contributed by atoms with Gasteiger partial charge in [-0.3, -0.25) is 0 Å². The van der Waals surface area contributed by atoms with Gasteiger partial charge in [-0.25, -0.2) is 14.8 Å². The van der Waals surface area contributed by atoms with Crippen molar-refractivity contribution in [3.8, 4) is 17.4 Å². The van der Waals surface area contributed by atoms with E-state index < -0.39 is 5.97 Å². The molecule has 0 fully saturated rings. The molecule has 2 aromatic heterocycles. The molecular formula is C9H9N5O4. The average molecular weight is 251 g/mol. The van der Waals surface area contributed by atoms with Crippen molar-refractivity contribution in [1.82, 2.24) is 24.9 Å². The van der Waals surface area contributed by atoms with Gasteiger partial charge in [0.1, 0.15) is 6.33 Å². The highest BCUT2D eigenvalue weighted by atomic mass is 16.6. The summed E-state index contributed by atoms with van der Waals surface area (Å²) in [6.45, 7) is -0.342. The third kappa shape index (κ3) is 2.51. The van der Waals surface area contributed by atoms with Crippen molar-refractivity contribution in [2.45, 2.75) is 0 Å². The van der Waals surface area contributed by atoms with Crippen LogP contribution in [-0.2, 0) is 9.53 Å². The predicted octanol–water partition coefficient (Wildman–Crippen LogP) is -0.476. The van der Waals surface area contributed by atoms with Crippen molar-refractivity contribution in [3.05, 3.63) is 18.7 Å². The van der Waals surface area contributed by atoms with Gasteiger partial charge in [0.15, 0.2) is 6.61 Å². The second-order valence-corrected chi connectivity index (χ2v) is 3.10. The van der Waals surface area contributed by atoms with Crippen LogP contribution in [0.4, 0.5) is 0 Å². The maximum atomic E-state index is 10.9. The number of esters is 1. The molecular weight excluding hydrogens is 242 g/mol. The summed E-state index contributed by atoms with van der Waals surface area (Å²) < 4.78 is 9.31. The van der Waals surface area contributed by atoms with Crippen LogP contribution < -0.4 is 4.74 Å². The van der Waals surface area contributed by atoms with Crippen LogP contribution >= 0.6 is 0 Å². The van der Waals surface area contributed by atoms with Crippen LogP contribution in [0.2, 0.25) is 0 Å². The van der Waals surface area contributed by atoms with E-state index in [0.717, 1.165) is 0 Å². The van der Waals surface area contributed by atoms with E-state index in [1.54, 1.807) is 0 Å². The smallest absolute Gasteiger partial charge is 0.344 e. The predicted molar refractivity (Wildman–Crippen MR) is 55.7 cm³/mol. The summed E-state index contributed by atoms with van der Waals surface area (Å²) in [5, 5.41) is 13.1. The molecule has 0 aliphatic carbocycles. The lowest BCUT2D eigenvalue weighted by atomic mass is 10.3. The molecule has 0 atom stereocenters. The Balaban J connectivity index is 2.15. The lowest BCUT2D eigenvalue weighted by Gasteiger charge is -1.97. The Hall–Kier alpha value is -2.71. The lowest BCUT2D eigenvalue weighted by Crippen LogP contribution is -2.13. The van der Waals surface area contributed by atoms with Gasteiger partial charge in [0.25, 0.3) is 0 Å². The molecule has 0 bridgehead atoms. The number of nitrogens with zero attached hydrogens (tertiary/aromatic N) is 5. The molecule has 2 heterocycles. The van der Waals surface area contributed by atoms with E-state index in [1.807, 2.05) is 0 Å². The highest BCUT2D eigenvalue weighted by Gasteiger charge is 2.14. The van der Waals surface area contributed by atoms with Gasteiger partial charge in [0.05, 0.1) is 12.7 Å². The molecule has 0 unspecified atom stereocenters.